The topological polar surface area (TPSA) is 44.1 Å². The second kappa shape index (κ2) is 5.77. The van der Waals surface area contributed by atoms with Gasteiger partial charge in [-0.3, -0.25) is 9.36 Å². The molecule has 0 spiro atoms. The number of rotatable bonds is 4. The van der Waals surface area contributed by atoms with Gasteiger partial charge in [0.05, 0.1) is 18.5 Å². The first-order chi connectivity index (χ1) is 10.6. The summed E-state index contributed by atoms with van der Waals surface area (Å²) in [7, 11) is 1.67. The summed E-state index contributed by atoms with van der Waals surface area (Å²) in [4.78, 5) is 15.7. The Kier molecular flexibility index (Phi) is 3.81. The Morgan fingerprint density at radius 3 is 2.86 bits per heavy atom. The van der Waals surface area contributed by atoms with Crippen LogP contribution in [-0.2, 0) is 0 Å². The van der Waals surface area contributed by atoms with Gasteiger partial charge in [0.15, 0.2) is 11.4 Å². The van der Waals surface area contributed by atoms with E-state index < -0.39 is 0 Å². The Labute approximate surface area is 133 Å². The number of nitrogens with zero attached hydrogens (tertiary/aromatic N) is 2. The van der Waals surface area contributed by atoms with E-state index in [2.05, 4.69) is 24.0 Å². The molecule has 1 aromatic carbocycles. The quantitative estimate of drug-likeness (QED) is 0.683. The normalized spacial score (nSPS) is 10.7. The molecule has 0 aliphatic heterocycles. The molecule has 2 aromatic heterocycles. The minimum atomic E-state index is 0.591. The van der Waals surface area contributed by atoms with Crippen molar-refractivity contribution in [3.63, 3.8) is 0 Å². The lowest BCUT2D eigenvalue weighted by atomic mass is 10.0. The van der Waals surface area contributed by atoms with E-state index in [1.54, 1.807) is 17.7 Å². The predicted octanol–water partition coefficient (Wildman–Crippen LogP) is 4.04. The Morgan fingerprint density at radius 1 is 1.32 bits per heavy atom. The number of carbonyl (C=O) groups excluding carboxylic acids is 1. The van der Waals surface area contributed by atoms with Crippen LogP contribution in [0.4, 0.5) is 0 Å². The summed E-state index contributed by atoms with van der Waals surface area (Å²) >= 11 is 1.50. The van der Waals surface area contributed by atoms with E-state index >= 15 is 0 Å². The molecule has 0 aliphatic carbocycles. The van der Waals surface area contributed by atoms with Gasteiger partial charge in [0.2, 0.25) is 0 Å². The van der Waals surface area contributed by atoms with Crippen LogP contribution in [0.5, 0.6) is 5.75 Å². The van der Waals surface area contributed by atoms with E-state index in [1.807, 2.05) is 24.6 Å². The molecule has 0 saturated carbocycles. The average molecular weight is 312 g/mol. The van der Waals surface area contributed by atoms with Gasteiger partial charge in [-0.15, -0.1) is 11.3 Å². The molecule has 22 heavy (non-hydrogen) atoms. The number of aldehydes is 1. The average Bonchev–Trinajstić information content (AvgIpc) is 3.15. The second-order valence-corrected chi connectivity index (χ2v) is 5.94. The lowest BCUT2D eigenvalue weighted by molar-refractivity contribution is 0.111. The largest absolute Gasteiger partial charge is 0.496 e. The van der Waals surface area contributed by atoms with Crippen LogP contribution in [0, 0.1) is 13.8 Å². The molecular formula is C17H16N2O2S. The molecule has 3 rings (SSSR count). The van der Waals surface area contributed by atoms with Crippen molar-refractivity contribution in [3.05, 3.63) is 52.7 Å². The predicted molar refractivity (Wildman–Crippen MR) is 88.3 cm³/mol. The number of ether oxygens (including phenoxy) is 1. The van der Waals surface area contributed by atoms with E-state index in [0.29, 0.717) is 5.69 Å². The smallest absolute Gasteiger partial charge is 0.194 e. The van der Waals surface area contributed by atoms with E-state index in [0.717, 1.165) is 39.6 Å². The number of hydrogen-bond acceptors (Lipinski definition) is 4. The van der Waals surface area contributed by atoms with Gasteiger partial charge in [0.25, 0.3) is 0 Å². The fourth-order valence-corrected chi connectivity index (χ4v) is 3.41. The molecule has 3 aromatic rings. The Hall–Kier alpha value is -2.40. The van der Waals surface area contributed by atoms with Crippen LogP contribution < -0.4 is 4.74 Å². The van der Waals surface area contributed by atoms with Crippen molar-refractivity contribution < 1.29 is 9.53 Å². The van der Waals surface area contributed by atoms with Gasteiger partial charge in [0.1, 0.15) is 5.75 Å². The summed E-state index contributed by atoms with van der Waals surface area (Å²) in [5.41, 5.74) is 4.67. The minimum Gasteiger partial charge on any atom is -0.496 e. The third kappa shape index (κ3) is 2.44. The lowest BCUT2D eigenvalue weighted by Crippen LogP contribution is -1.97. The van der Waals surface area contributed by atoms with E-state index in [-0.39, 0.29) is 0 Å². The van der Waals surface area contributed by atoms with Gasteiger partial charge >= 0.3 is 0 Å². The fourth-order valence-electron chi connectivity index (χ4n) is 2.58. The summed E-state index contributed by atoms with van der Waals surface area (Å²) in [6.45, 7) is 4.08. The Morgan fingerprint density at radius 2 is 2.14 bits per heavy atom. The first kappa shape index (κ1) is 14.5. The lowest BCUT2D eigenvalue weighted by Gasteiger charge is -2.11. The fraction of sp³-hybridized carbons (Fsp3) is 0.176. The zero-order valence-electron chi connectivity index (χ0n) is 12.7. The van der Waals surface area contributed by atoms with Crippen molar-refractivity contribution in [2.45, 2.75) is 13.8 Å². The number of benzene rings is 1. The number of methoxy groups -OCH3 is 1. The molecule has 0 aliphatic rings. The van der Waals surface area contributed by atoms with Crippen LogP contribution >= 0.6 is 11.3 Å². The summed E-state index contributed by atoms with van der Waals surface area (Å²) in [6.07, 6.45) is 2.67. The summed E-state index contributed by atoms with van der Waals surface area (Å²) < 4.78 is 7.32. The van der Waals surface area contributed by atoms with E-state index in [1.165, 1.54) is 11.3 Å². The minimum absolute atomic E-state index is 0.591. The molecule has 0 unspecified atom stereocenters. The second-order valence-electron chi connectivity index (χ2n) is 5.10. The first-order valence-electron chi connectivity index (χ1n) is 6.88. The molecule has 5 heteroatoms. The third-order valence-electron chi connectivity index (χ3n) is 3.50. The van der Waals surface area contributed by atoms with Crippen LogP contribution in [0.3, 0.4) is 0 Å². The van der Waals surface area contributed by atoms with Gasteiger partial charge in [0, 0.05) is 17.1 Å². The van der Waals surface area contributed by atoms with Crippen molar-refractivity contribution >= 4 is 17.6 Å². The van der Waals surface area contributed by atoms with Crippen LogP contribution in [0.25, 0.3) is 16.4 Å². The van der Waals surface area contributed by atoms with Gasteiger partial charge in [-0.1, -0.05) is 6.07 Å². The summed E-state index contributed by atoms with van der Waals surface area (Å²) in [5.74, 6) is 0.838. The molecule has 0 amide bonds. The molecule has 0 atom stereocenters. The maximum atomic E-state index is 11.1. The molecule has 2 heterocycles. The number of aryl methyl sites for hydroxylation is 2. The molecule has 0 fully saturated rings. The van der Waals surface area contributed by atoms with Gasteiger partial charge < -0.3 is 4.74 Å². The van der Waals surface area contributed by atoms with Crippen molar-refractivity contribution in [1.29, 1.82) is 0 Å². The standard InChI is InChI=1S/C17H16N2O2S/c1-11-7-12(2)16(21-3)14(8-11)15-10-22-17(18-15)19-6-4-5-13(19)9-20/h4-10H,1-3H3. The number of carbonyl (C=O) groups is 1. The maximum absolute atomic E-state index is 11.1. The summed E-state index contributed by atoms with van der Waals surface area (Å²) in [5, 5.41) is 2.75. The summed E-state index contributed by atoms with van der Waals surface area (Å²) in [6, 6.07) is 7.76. The highest BCUT2D eigenvalue weighted by molar-refractivity contribution is 7.12. The third-order valence-corrected chi connectivity index (χ3v) is 4.34. The Bertz CT molecular complexity index is 833. The Balaban J connectivity index is 2.10. The highest BCUT2D eigenvalue weighted by Crippen LogP contribution is 2.35. The highest BCUT2D eigenvalue weighted by Gasteiger charge is 2.14. The number of thiazole rings is 1. The zero-order valence-corrected chi connectivity index (χ0v) is 13.5. The maximum Gasteiger partial charge on any atom is 0.194 e. The van der Waals surface area contributed by atoms with E-state index in [4.69, 9.17) is 4.74 Å². The monoisotopic (exact) mass is 312 g/mol. The number of hydrogen-bond donors (Lipinski definition) is 0. The first-order valence-corrected chi connectivity index (χ1v) is 7.76. The van der Waals surface area contributed by atoms with Crippen molar-refractivity contribution in [2.75, 3.05) is 7.11 Å². The molecular weight excluding hydrogens is 296 g/mol. The van der Waals surface area contributed by atoms with Crippen LogP contribution in [-0.4, -0.2) is 22.9 Å². The highest BCUT2D eigenvalue weighted by atomic mass is 32.1. The van der Waals surface area contributed by atoms with Crippen LogP contribution in [0.1, 0.15) is 21.6 Å². The van der Waals surface area contributed by atoms with Gasteiger partial charge in [-0.25, -0.2) is 4.98 Å². The molecule has 0 saturated heterocycles. The van der Waals surface area contributed by atoms with Crippen LogP contribution in [0.2, 0.25) is 0 Å². The van der Waals surface area contributed by atoms with Gasteiger partial charge in [-0.2, -0.15) is 0 Å². The SMILES string of the molecule is COc1c(C)cc(C)cc1-c1csc(-n2cccc2C=O)n1. The molecule has 0 bridgehead atoms. The number of aromatic nitrogens is 2. The molecule has 0 N–H and O–H groups in total. The molecule has 0 radical (unpaired) electrons. The zero-order chi connectivity index (χ0) is 15.7. The molecule has 4 nitrogen and oxygen atoms in total. The van der Waals surface area contributed by atoms with Crippen molar-refractivity contribution in [2.24, 2.45) is 0 Å². The van der Waals surface area contributed by atoms with Crippen molar-refractivity contribution in [1.82, 2.24) is 9.55 Å². The van der Waals surface area contributed by atoms with E-state index in [9.17, 15) is 4.79 Å². The van der Waals surface area contributed by atoms with Crippen molar-refractivity contribution in [3.8, 4) is 22.1 Å². The van der Waals surface area contributed by atoms with Gasteiger partial charge in [-0.05, 0) is 43.2 Å². The van der Waals surface area contributed by atoms with Crippen LogP contribution in [0.15, 0.2) is 35.8 Å². The molecule has 112 valence electrons.